The van der Waals surface area contributed by atoms with Gasteiger partial charge >= 0.3 is 0 Å². The first-order valence-electron chi connectivity index (χ1n) is 6.62. The summed E-state index contributed by atoms with van der Waals surface area (Å²) in [5.74, 6) is 0.485. The zero-order valence-electron chi connectivity index (χ0n) is 11.4. The van der Waals surface area contributed by atoms with Crippen LogP contribution in [0.2, 0.25) is 0 Å². The summed E-state index contributed by atoms with van der Waals surface area (Å²) in [5.41, 5.74) is 0.913. The van der Waals surface area contributed by atoms with Gasteiger partial charge < -0.3 is 14.6 Å². The average molecular weight is 250 g/mol. The Kier molecular flexibility index (Phi) is 4.07. The number of carbonyl (C=O) groups is 1. The van der Waals surface area contributed by atoms with Crippen molar-refractivity contribution in [2.45, 2.75) is 44.7 Å². The van der Waals surface area contributed by atoms with Crippen LogP contribution in [0.1, 0.15) is 41.8 Å². The number of nitrogens with zero attached hydrogens (tertiary/aromatic N) is 1. The Balaban J connectivity index is 1.98. The standard InChI is InChI=1S/C14H22N2O2/c1-10-8-9-18-13(10)14(17)16(3)12-6-4-11(15-2)5-7-12/h8-9,11-12,15H,4-7H2,1-3H3. The van der Waals surface area contributed by atoms with Crippen LogP contribution < -0.4 is 5.32 Å². The summed E-state index contributed by atoms with van der Waals surface area (Å²) in [4.78, 5) is 14.1. The molecule has 4 heteroatoms. The Morgan fingerprint density at radius 3 is 2.56 bits per heavy atom. The summed E-state index contributed by atoms with van der Waals surface area (Å²) < 4.78 is 5.28. The van der Waals surface area contributed by atoms with E-state index in [0.717, 1.165) is 31.2 Å². The highest BCUT2D eigenvalue weighted by Crippen LogP contribution is 2.24. The molecule has 0 bridgehead atoms. The predicted octanol–water partition coefficient (Wildman–Crippen LogP) is 2.19. The molecule has 0 spiro atoms. The Morgan fingerprint density at radius 1 is 1.39 bits per heavy atom. The summed E-state index contributed by atoms with van der Waals surface area (Å²) in [7, 11) is 3.89. The fourth-order valence-electron chi connectivity index (χ4n) is 2.67. The third kappa shape index (κ3) is 2.58. The molecule has 0 radical (unpaired) electrons. The molecule has 1 amide bonds. The molecular weight excluding hydrogens is 228 g/mol. The van der Waals surface area contributed by atoms with E-state index >= 15 is 0 Å². The van der Waals surface area contributed by atoms with Gasteiger partial charge in [0.2, 0.25) is 0 Å². The van der Waals surface area contributed by atoms with Crippen molar-refractivity contribution in [1.82, 2.24) is 10.2 Å². The van der Waals surface area contributed by atoms with Crippen molar-refractivity contribution < 1.29 is 9.21 Å². The maximum absolute atomic E-state index is 12.3. The van der Waals surface area contributed by atoms with Crippen molar-refractivity contribution in [2.24, 2.45) is 0 Å². The SMILES string of the molecule is CNC1CCC(N(C)C(=O)c2occc2C)CC1. The molecule has 1 aromatic heterocycles. The van der Waals surface area contributed by atoms with Crippen molar-refractivity contribution in [3.8, 4) is 0 Å². The van der Waals surface area contributed by atoms with Crippen LogP contribution in [0.25, 0.3) is 0 Å². The minimum atomic E-state index is 0.00501. The van der Waals surface area contributed by atoms with Crippen LogP contribution in [0.5, 0.6) is 0 Å². The normalized spacial score (nSPS) is 23.9. The Morgan fingerprint density at radius 2 is 2.06 bits per heavy atom. The zero-order valence-corrected chi connectivity index (χ0v) is 11.4. The lowest BCUT2D eigenvalue weighted by atomic mass is 9.90. The van der Waals surface area contributed by atoms with Gasteiger partial charge in [0.15, 0.2) is 5.76 Å². The lowest BCUT2D eigenvalue weighted by Crippen LogP contribution is -2.42. The number of aryl methyl sites for hydroxylation is 1. The molecule has 0 unspecified atom stereocenters. The largest absolute Gasteiger partial charge is 0.459 e. The maximum atomic E-state index is 12.3. The van der Waals surface area contributed by atoms with E-state index in [-0.39, 0.29) is 5.91 Å². The van der Waals surface area contributed by atoms with Gasteiger partial charge in [0.1, 0.15) is 0 Å². The van der Waals surface area contributed by atoms with Crippen LogP contribution in [0.4, 0.5) is 0 Å². The quantitative estimate of drug-likeness (QED) is 0.894. The first kappa shape index (κ1) is 13.1. The van der Waals surface area contributed by atoms with Gasteiger partial charge in [-0.1, -0.05) is 0 Å². The van der Waals surface area contributed by atoms with Crippen molar-refractivity contribution in [2.75, 3.05) is 14.1 Å². The van der Waals surface area contributed by atoms with Gasteiger partial charge in [0.05, 0.1) is 6.26 Å². The molecule has 1 saturated carbocycles. The number of rotatable bonds is 3. The minimum absolute atomic E-state index is 0.00501. The number of carbonyl (C=O) groups excluding carboxylic acids is 1. The van der Waals surface area contributed by atoms with E-state index in [4.69, 9.17) is 4.42 Å². The monoisotopic (exact) mass is 250 g/mol. The van der Waals surface area contributed by atoms with Gasteiger partial charge in [-0.25, -0.2) is 0 Å². The van der Waals surface area contributed by atoms with Crippen molar-refractivity contribution in [3.05, 3.63) is 23.7 Å². The second-order valence-electron chi connectivity index (χ2n) is 5.14. The van der Waals surface area contributed by atoms with E-state index in [2.05, 4.69) is 5.32 Å². The van der Waals surface area contributed by atoms with Gasteiger partial charge in [0, 0.05) is 24.7 Å². The second kappa shape index (κ2) is 5.57. The van der Waals surface area contributed by atoms with Crippen molar-refractivity contribution in [3.63, 3.8) is 0 Å². The van der Waals surface area contributed by atoms with Gasteiger partial charge in [0.25, 0.3) is 5.91 Å². The van der Waals surface area contributed by atoms with Crippen LogP contribution in [0.3, 0.4) is 0 Å². The third-order valence-electron chi connectivity index (χ3n) is 4.03. The molecule has 2 rings (SSSR count). The Labute approximate surface area is 108 Å². The van der Waals surface area contributed by atoms with Crippen LogP contribution in [0, 0.1) is 6.92 Å². The van der Waals surface area contributed by atoms with E-state index in [1.54, 1.807) is 6.26 Å². The number of hydrogen-bond acceptors (Lipinski definition) is 3. The first-order chi connectivity index (χ1) is 8.63. The maximum Gasteiger partial charge on any atom is 0.289 e. The Bertz CT molecular complexity index is 406. The lowest BCUT2D eigenvalue weighted by molar-refractivity contribution is 0.0652. The molecular formula is C14H22N2O2. The molecule has 1 N–H and O–H groups in total. The van der Waals surface area contributed by atoms with Crippen molar-refractivity contribution >= 4 is 5.91 Å². The van der Waals surface area contributed by atoms with Crippen LogP contribution in [-0.4, -0.2) is 37.0 Å². The summed E-state index contributed by atoms with van der Waals surface area (Å²) in [6.45, 7) is 1.91. The molecule has 1 aromatic rings. The van der Waals surface area contributed by atoms with Gasteiger partial charge in [-0.3, -0.25) is 4.79 Å². The summed E-state index contributed by atoms with van der Waals surface area (Å²) in [6, 6.07) is 2.78. The summed E-state index contributed by atoms with van der Waals surface area (Å²) in [5, 5.41) is 3.31. The van der Waals surface area contributed by atoms with Crippen LogP contribution >= 0.6 is 0 Å². The van der Waals surface area contributed by atoms with Crippen LogP contribution in [-0.2, 0) is 0 Å². The fourth-order valence-corrected chi connectivity index (χ4v) is 2.67. The van der Waals surface area contributed by atoms with E-state index in [0.29, 0.717) is 17.8 Å². The number of amides is 1. The van der Waals surface area contributed by atoms with Gasteiger partial charge in [-0.15, -0.1) is 0 Å². The number of hydrogen-bond donors (Lipinski definition) is 1. The Hall–Kier alpha value is -1.29. The summed E-state index contributed by atoms with van der Waals surface area (Å²) >= 11 is 0. The molecule has 0 saturated heterocycles. The smallest absolute Gasteiger partial charge is 0.289 e. The van der Waals surface area contributed by atoms with E-state index < -0.39 is 0 Å². The predicted molar refractivity (Wildman–Crippen MR) is 70.6 cm³/mol. The molecule has 1 fully saturated rings. The molecule has 1 heterocycles. The molecule has 4 nitrogen and oxygen atoms in total. The topological polar surface area (TPSA) is 45.5 Å². The zero-order chi connectivity index (χ0) is 13.1. The molecule has 0 atom stereocenters. The highest BCUT2D eigenvalue weighted by molar-refractivity contribution is 5.92. The summed E-state index contributed by atoms with van der Waals surface area (Å²) in [6.07, 6.45) is 5.97. The van der Waals surface area contributed by atoms with Gasteiger partial charge in [-0.2, -0.15) is 0 Å². The third-order valence-corrected chi connectivity index (χ3v) is 4.03. The molecule has 0 aliphatic heterocycles. The highest BCUT2D eigenvalue weighted by atomic mass is 16.3. The number of furan rings is 1. The first-order valence-corrected chi connectivity index (χ1v) is 6.62. The molecule has 18 heavy (non-hydrogen) atoms. The lowest BCUT2D eigenvalue weighted by Gasteiger charge is -2.34. The molecule has 100 valence electrons. The van der Waals surface area contributed by atoms with Gasteiger partial charge in [-0.05, 0) is 45.7 Å². The van der Waals surface area contributed by atoms with E-state index in [1.807, 2.05) is 32.0 Å². The average Bonchev–Trinajstić information content (AvgIpc) is 2.83. The molecule has 0 aromatic carbocycles. The molecule has 1 aliphatic carbocycles. The second-order valence-corrected chi connectivity index (χ2v) is 5.14. The van der Waals surface area contributed by atoms with E-state index in [9.17, 15) is 4.79 Å². The molecule has 1 aliphatic rings. The minimum Gasteiger partial charge on any atom is -0.459 e. The van der Waals surface area contributed by atoms with E-state index in [1.165, 1.54) is 0 Å². The van der Waals surface area contributed by atoms with Crippen molar-refractivity contribution in [1.29, 1.82) is 0 Å². The number of nitrogens with one attached hydrogen (secondary N) is 1. The fraction of sp³-hybridized carbons (Fsp3) is 0.643. The highest BCUT2D eigenvalue weighted by Gasteiger charge is 2.28. The van der Waals surface area contributed by atoms with Crippen LogP contribution in [0.15, 0.2) is 16.7 Å².